The predicted molar refractivity (Wildman–Crippen MR) is 104 cm³/mol. The van der Waals surface area contributed by atoms with Crippen molar-refractivity contribution in [1.82, 2.24) is 10.3 Å². The van der Waals surface area contributed by atoms with E-state index in [9.17, 15) is 18.0 Å². The van der Waals surface area contributed by atoms with Crippen LogP contribution in [0.3, 0.4) is 0 Å². The van der Waals surface area contributed by atoms with Crippen LogP contribution in [0.15, 0.2) is 10.1 Å². The van der Waals surface area contributed by atoms with Crippen LogP contribution in [0.5, 0.6) is 0 Å². The maximum Gasteiger partial charge on any atom is 0.273 e. The van der Waals surface area contributed by atoms with Gasteiger partial charge in [-0.05, 0) is 19.3 Å². The first-order valence-corrected chi connectivity index (χ1v) is 12.3. The smallest absolute Gasteiger partial charge is 0.273 e. The van der Waals surface area contributed by atoms with E-state index < -0.39 is 15.9 Å². The molecule has 2 fully saturated rings. The molecule has 4 rings (SSSR count). The summed E-state index contributed by atoms with van der Waals surface area (Å²) in [5, 5.41) is 9.38. The normalized spacial score (nSPS) is 33.1. The molecular formula is C17H24N4O4S2. The molecule has 8 nitrogen and oxygen atoms in total. The molecule has 1 N–H and O–H groups in total. The van der Waals surface area contributed by atoms with Crippen molar-refractivity contribution < 1.29 is 18.0 Å². The second-order valence-corrected chi connectivity index (χ2v) is 11.0. The number of sulfone groups is 1. The molecule has 3 aliphatic heterocycles. The quantitative estimate of drug-likeness (QED) is 0.730. The number of nitrogens with zero attached hydrogens (tertiary/aromatic N) is 3. The maximum absolute atomic E-state index is 12.6. The zero-order chi connectivity index (χ0) is 19.0. The first-order chi connectivity index (χ1) is 12.9. The zero-order valence-electron chi connectivity index (χ0n) is 15.1. The van der Waals surface area contributed by atoms with Gasteiger partial charge in [-0.2, -0.15) is 5.10 Å². The van der Waals surface area contributed by atoms with Gasteiger partial charge in [0.1, 0.15) is 5.71 Å². The molecule has 10 heteroatoms. The van der Waals surface area contributed by atoms with Crippen molar-refractivity contribution in [3.8, 4) is 0 Å². The minimum Gasteiger partial charge on any atom is -0.300 e. The summed E-state index contributed by atoms with van der Waals surface area (Å²) >= 11 is 1.63. The molecule has 1 aliphatic carbocycles. The van der Waals surface area contributed by atoms with Gasteiger partial charge in [0.2, 0.25) is 5.91 Å². The Morgan fingerprint density at radius 3 is 2.74 bits per heavy atom. The number of rotatable bonds is 2. The van der Waals surface area contributed by atoms with Gasteiger partial charge in [0.15, 0.2) is 15.0 Å². The Morgan fingerprint density at radius 1 is 1.15 bits per heavy atom. The first-order valence-electron chi connectivity index (χ1n) is 9.57. The van der Waals surface area contributed by atoms with Crippen LogP contribution in [0.1, 0.15) is 51.4 Å². The zero-order valence-corrected chi connectivity index (χ0v) is 16.7. The van der Waals surface area contributed by atoms with Gasteiger partial charge in [-0.15, -0.1) is 0 Å². The van der Waals surface area contributed by atoms with E-state index in [4.69, 9.17) is 0 Å². The van der Waals surface area contributed by atoms with E-state index in [0.29, 0.717) is 16.8 Å². The Bertz CT molecular complexity index is 808. The van der Waals surface area contributed by atoms with Gasteiger partial charge >= 0.3 is 0 Å². The van der Waals surface area contributed by atoms with Crippen molar-refractivity contribution in [2.75, 3.05) is 11.5 Å². The summed E-state index contributed by atoms with van der Waals surface area (Å²) in [5.74, 6) is -0.572. The molecule has 0 spiro atoms. The predicted octanol–water partition coefficient (Wildman–Crippen LogP) is 1.07. The highest BCUT2D eigenvalue weighted by Gasteiger charge is 2.38. The fraction of sp³-hybridized carbons (Fsp3) is 0.765. The minimum absolute atomic E-state index is 0.0642. The number of hydrazone groups is 1. The number of fused-ring (bicyclic) bond motifs is 1. The fourth-order valence-corrected chi connectivity index (χ4v) is 7.05. The first kappa shape index (κ1) is 18.9. The van der Waals surface area contributed by atoms with E-state index in [-0.39, 0.29) is 47.9 Å². The second-order valence-electron chi connectivity index (χ2n) is 7.59. The molecular weight excluding hydrogens is 388 g/mol. The van der Waals surface area contributed by atoms with E-state index >= 15 is 0 Å². The van der Waals surface area contributed by atoms with E-state index in [1.807, 2.05) is 0 Å². The lowest BCUT2D eigenvalue weighted by molar-refractivity contribution is -0.133. The Hall–Kier alpha value is -1.42. The van der Waals surface area contributed by atoms with Crippen molar-refractivity contribution in [1.29, 1.82) is 0 Å². The molecule has 1 saturated carbocycles. The number of thioether (sulfide) groups is 1. The Morgan fingerprint density at radius 2 is 1.96 bits per heavy atom. The van der Waals surface area contributed by atoms with Gasteiger partial charge in [0, 0.05) is 18.1 Å². The van der Waals surface area contributed by atoms with Gasteiger partial charge in [-0.25, -0.2) is 13.4 Å². The molecule has 0 aromatic heterocycles. The molecule has 3 atom stereocenters. The Balaban J connectivity index is 1.43. The van der Waals surface area contributed by atoms with Crippen LogP contribution in [0.25, 0.3) is 0 Å². The average molecular weight is 413 g/mol. The van der Waals surface area contributed by atoms with Gasteiger partial charge in [-0.3, -0.25) is 14.6 Å². The average Bonchev–Trinajstić information content (AvgIpc) is 3.10. The molecule has 2 amide bonds. The summed E-state index contributed by atoms with van der Waals surface area (Å²) in [5.41, 5.74) is 0.272. The van der Waals surface area contributed by atoms with Crippen LogP contribution < -0.4 is 5.32 Å². The summed E-state index contributed by atoms with van der Waals surface area (Å²) in [4.78, 5) is 29.5. The Labute approximate surface area is 163 Å². The molecule has 0 unspecified atom stereocenters. The van der Waals surface area contributed by atoms with Crippen molar-refractivity contribution >= 4 is 44.3 Å². The summed E-state index contributed by atoms with van der Waals surface area (Å²) in [6.07, 6.45) is 6.65. The van der Waals surface area contributed by atoms with E-state index in [2.05, 4.69) is 15.4 Å². The number of hydrogen-bond donors (Lipinski definition) is 1. The van der Waals surface area contributed by atoms with E-state index in [1.165, 1.54) is 24.3 Å². The number of hydrogen-bond acceptors (Lipinski definition) is 7. The van der Waals surface area contributed by atoms with Crippen molar-refractivity contribution in [3.05, 3.63) is 0 Å². The number of aliphatic imine (C=N–C) groups is 1. The molecule has 0 radical (unpaired) electrons. The monoisotopic (exact) mass is 412 g/mol. The van der Waals surface area contributed by atoms with E-state index in [0.717, 1.165) is 12.8 Å². The maximum atomic E-state index is 12.6. The summed E-state index contributed by atoms with van der Waals surface area (Å²) < 4.78 is 23.4. The number of carbonyl (C=O) groups excluding carboxylic acids is 2. The summed E-state index contributed by atoms with van der Waals surface area (Å²) in [6.45, 7) is 0. The number of amides is 2. The standard InChI is InChI=1S/C17H24N4O4S2/c22-15-7-6-13(20-21(15)11-8-9-27(24,25)10-11)16(23)19-17-18-12-4-2-1-3-5-14(12)26-17/h11-12,14H,1-10H2,(H,18,19,23)/t11-,12+,14-/m1/s1. The van der Waals surface area contributed by atoms with Gasteiger partial charge in [0.05, 0.1) is 23.6 Å². The molecule has 0 aromatic rings. The largest absolute Gasteiger partial charge is 0.300 e. The van der Waals surface area contributed by atoms with Crippen LogP contribution in [0, 0.1) is 0 Å². The third kappa shape index (κ3) is 4.21. The summed E-state index contributed by atoms with van der Waals surface area (Å²) in [6, 6.07) is -0.182. The highest BCUT2D eigenvalue weighted by molar-refractivity contribution is 8.14. The van der Waals surface area contributed by atoms with Gasteiger partial charge in [0.25, 0.3) is 5.91 Å². The highest BCUT2D eigenvalue weighted by atomic mass is 32.2. The van der Waals surface area contributed by atoms with Crippen molar-refractivity contribution in [2.45, 2.75) is 68.7 Å². The lowest BCUT2D eigenvalue weighted by Gasteiger charge is -2.27. The molecule has 3 heterocycles. The SMILES string of the molecule is O=C(NC1=N[C@H]2CCCCC[C@H]2S1)C1=NN([C@@H]2CCS(=O)(=O)C2)C(=O)CC1. The molecule has 0 bridgehead atoms. The molecule has 27 heavy (non-hydrogen) atoms. The molecule has 148 valence electrons. The number of nitrogens with one attached hydrogen (secondary N) is 1. The fourth-order valence-electron chi connectivity index (χ4n) is 4.08. The van der Waals surface area contributed by atoms with Crippen molar-refractivity contribution in [3.63, 3.8) is 0 Å². The molecule has 1 saturated heterocycles. The lowest BCUT2D eigenvalue weighted by Crippen LogP contribution is -2.44. The van der Waals surface area contributed by atoms with E-state index in [1.54, 1.807) is 11.8 Å². The van der Waals surface area contributed by atoms with Crippen LogP contribution in [0.4, 0.5) is 0 Å². The lowest BCUT2D eigenvalue weighted by atomic mass is 10.1. The number of carbonyl (C=O) groups is 2. The molecule has 4 aliphatic rings. The van der Waals surface area contributed by atoms with Crippen molar-refractivity contribution in [2.24, 2.45) is 10.1 Å². The van der Waals surface area contributed by atoms with Crippen LogP contribution in [-0.4, -0.2) is 65.0 Å². The highest BCUT2D eigenvalue weighted by Crippen LogP contribution is 2.35. The third-order valence-electron chi connectivity index (χ3n) is 5.56. The topological polar surface area (TPSA) is 108 Å². The summed E-state index contributed by atoms with van der Waals surface area (Å²) in [7, 11) is -3.13. The Kier molecular flexibility index (Phi) is 5.28. The van der Waals surface area contributed by atoms with Crippen LogP contribution in [-0.2, 0) is 19.4 Å². The minimum atomic E-state index is -3.13. The van der Waals surface area contributed by atoms with Crippen LogP contribution >= 0.6 is 11.8 Å². The molecule has 0 aromatic carbocycles. The number of amidine groups is 1. The van der Waals surface area contributed by atoms with Gasteiger partial charge in [-0.1, -0.05) is 31.0 Å². The van der Waals surface area contributed by atoms with Gasteiger partial charge < -0.3 is 5.32 Å². The second kappa shape index (κ2) is 7.54. The van der Waals surface area contributed by atoms with Crippen LogP contribution in [0.2, 0.25) is 0 Å². The third-order valence-corrected chi connectivity index (χ3v) is 8.59.